The van der Waals surface area contributed by atoms with E-state index in [1.807, 2.05) is 22.6 Å². The van der Waals surface area contributed by atoms with Gasteiger partial charge >= 0.3 is 5.97 Å². The summed E-state index contributed by atoms with van der Waals surface area (Å²) >= 11 is 2.03. The fourth-order valence-electron chi connectivity index (χ4n) is 2.79. The molecule has 0 aromatic carbocycles. The summed E-state index contributed by atoms with van der Waals surface area (Å²) in [4.78, 5) is 29.8. The number of halogens is 1. The second kappa shape index (κ2) is 5.15. The highest BCUT2D eigenvalue weighted by Gasteiger charge is 2.30. The average Bonchev–Trinajstić information content (AvgIpc) is 2.77. The number of H-pyrrole nitrogens is 1. The Bertz CT molecular complexity index is 715. The van der Waals surface area contributed by atoms with Crippen molar-refractivity contribution in [3.05, 3.63) is 26.2 Å². The first kappa shape index (κ1) is 13.5. The second-order valence-electron chi connectivity index (χ2n) is 5.03. The topological polar surface area (TPSA) is 100 Å². The van der Waals surface area contributed by atoms with Crippen molar-refractivity contribution in [1.82, 2.24) is 19.6 Å². The van der Waals surface area contributed by atoms with E-state index in [0.29, 0.717) is 22.1 Å². The van der Waals surface area contributed by atoms with Gasteiger partial charge in [0.15, 0.2) is 5.52 Å². The zero-order valence-corrected chi connectivity index (χ0v) is 12.7. The molecule has 1 aliphatic rings. The van der Waals surface area contributed by atoms with Gasteiger partial charge in [-0.25, -0.2) is 9.50 Å². The van der Waals surface area contributed by atoms with Crippen LogP contribution >= 0.6 is 22.6 Å². The molecule has 20 heavy (non-hydrogen) atoms. The first-order chi connectivity index (χ1) is 9.58. The number of hydrogen-bond donors (Lipinski definition) is 2. The van der Waals surface area contributed by atoms with Crippen LogP contribution in [0.3, 0.4) is 0 Å². The number of nitrogens with zero attached hydrogens (tertiary/aromatic N) is 3. The number of nitrogens with one attached hydrogen (secondary N) is 1. The molecule has 0 amide bonds. The number of aromatic amines is 1. The summed E-state index contributed by atoms with van der Waals surface area (Å²) in [5.74, 6) is -0.0521. The van der Waals surface area contributed by atoms with Gasteiger partial charge < -0.3 is 10.1 Å². The van der Waals surface area contributed by atoms with Crippen LogP contribution in [-0.4, -0.2) is 30.7 Å². The fraction of sp³-hybridized carbons (Fsp3) is 0.500. The Hall–Kier alpha value is -1.45. The van der Waals surface area contributed by atoms with E-state index in [9.17, 15) is 9.59 Å². The van der Waals surface area contributed by atoms with Gasteiger partial charge in [0.2, 0.25) is 0 Å². The number of imidazole rings is 1. The molecule has 0 unspecified atom stereocenters. The van der Waals surface area contributed by atoms with E-state index in [-0.39, 0.29) is 17.4 Å². The van der Waals surface area contributed by atoms with E-state index in [2.05, 4.69) is 15.1 Å². The third-order valence-corrected chi connectivity index (χ3v) is 4.61. The molecule has 0 saturated heterocycles. The van der Waals surface area contributed by atoms with Crippen LogP contribution in [0.5, 0.6) is 0 Å². The lowest BCUT2D eigenvalue weighted by molar-refractivity contribution is -0.142. The standard InChI is InChI=1S/C12H13IN4O3/c13-9-8-11(18)14-5-15-17(8)10(16-9)6-1-3-7(4-2-6)12(19)20/h5-7H,1-4H2,(H,19,20)(H,14,15,18). The number of carboxylic acids is 1. The van der Waals surface area contributed by atoms with E-state index >= 15 is 0 Å². The maximum absolute atomic E-state index is 11.8. The highest BCUT2D eigenvalue weighted by Crippen LogP contribution is 2.35. The van der Waals surface area contributed by atoms with Crippen LogP contribution in [0.25, 0.3) is 5.52 Å². The molecule has 2 aromatic heterocycles. The van der Waals surface area contributed by atoms with Gasteiger partial charge in [-0.3, -0.25) is 9.59 Å². The SMILES string of the molecule is O=C(O)C1CCC(c2nc(I)c3c(=O)[nH]cnn23)CC1. The molecule has 0 bridgehead atoms. The quantitative estimate of drug-likeness (QED) is 0.758. The number of carboxylic acid groups (broad SMARTS) is 1. The minimum atomic E-state index is -0.722. The van der Waals surface area contributed by atoms with Crippen molar-refractivity contribution in [3.8, 4) is 0 Å². The highest BCUT2D eigenvalue weighted by molar-refractivity contribution is 14.1. The maximum Gasteiger partial charge on any atom is 0.306 e. The summed E-state index contributed by atoms with van der Waals surface area (Å²) in [5, 5.41) is 13.2. The van der Waals surface area contributed by atoms with Crippen LogP contribution in [0.15, 0.2) is 11.1 Å². The van der Waals surface area contributed by atoms with Crippen molar-refractivity contribution >= 4 is 34.1 Å². The predicted octanol–water partition coefficient (Wildman–Crippen LogP) is 1.38. The van der Waals surface area contributed by atoms with Crippen LogP contribution in [0.4, 0.5) is 0 Å². The number of rotatable bonds is 2. The van der Waals surface area contributed by atoms with Crippen molar-refractivity contribution < 1.29 is 9.90 Å². The molecular formula is C12H13IN4O3. The van der Waals surface area contributed by atoms with Crippen LogP contribution in [0.2, 0.25) is 0 Å². The van der Waals surface area contributed by atoms with E-state index in [4.69, 9.17) is 5.11 Å². The van der Waals surface area contributed by atoms with E-state index < -0.39 is 5.97 Å². The molecule has 0 spiro atoms. The molecule has 8 heteroatoms. The molecule has 106 valence electrons. The number of aromatic nitrogens is 4. The minimum Gasteiger partial charge on any atom is -0.481 e. The normalized spacial score (nSPS) is 23.1. The Morgan fingerprint density at radius 2 is 2.10 bits per heavy atom. The molecule has 1 aliphatic carbocycles. The largest absolute Gasteiger partial charge is 0.481 e. The lowest BCUT2D eigenvalue weighted by atomic mass is 9.82. The second-order valence-corrected chi connectivity index (χ2v) is 6.05. The molecule has 1 saturated carbocycles. The molecule has 3 rings (SSSR count). The molecule has 7 nitrogen and oxygen atoms in total. The summed E-state index contributed by atoms with van der Waals surface area (Å²) in [6.45, 7) is 0. The van der Waals surface area contributed by atoms with Crippen LogP contribution in [-0.2, 0) is 4.79 Å². The Morgan fingerprint density at radius 3 is 2.75 bits per heavy atom. The third-order valence-electron chi connectivity index (χ3n) is 3.86. The summed E-state index contributed by atoms with van der Waals surface area (Å²) < 4.78 is 2.22. The first-order valence-corrected chi connectivity index (χ1v) is 7.50. The maximum atomic E-state index is 11.8. The van der Waals surface area contributed by atoms with E-state index in [1.54, 1.807) is 4.52 Å². The number of aliphatic carboxylic acids is 1. The zero-order valence-electron chi connectivity index (χ0n) is 10.5. The Labute approximate surface area is 127 Å². The lowest BCUT2D eigenvalue weighted by Gasteiger charge is -2.24. The van der Waals surface area contributed by atoms with Gasteiger partial charge in [0.05, 0.1) is 5.92 Å². The number of carbonyl (C=O) groups is 1. The Balaban J connectivity index is 1.95. The third kappa shape index (κ3) is 2.21. The van der Waals surface area contributed by atoms with Crippen molar-refractivity contribution in [2.24, 2.45) is 5.92 Å². The Morgan fingerprint density at radius 1 is 1.40 bits per heavy atom. The zero-order chi connectivity index (χ0) is 14.3. The molecule has 2 N–H and O–H groups in total. The van der Waals surface area contributed by atoms with E-state index in [1.165, 1.54) is 6.33 Å². The summed E-state index contributed by atoms with van der Waals surface area (Å²) in [5.41, 5.74) is 0.255. The van der Waals surface area contributed by atoms with Gasteiger partial charge in [0.1, 0.15) is 15.9 Å². The van der Waals surface area contributed by atoms with Crippen molar-refractivity contribution in [2.45, 2.75) is 31.6 Å². The van der Waals surface area contributed by atoms with Crippen LogP contribution < -0.4 is 5.56 Å². The van der Waals surface area contributed by atoms with Gasteiger partial charge in [-0.05, 0) is 48.3 Å². The smallest absolute Gasteiger partial charge is 0.306 e. The molecule has 2 aromatic rings. The van der Waals surface area contributed by atoms with Crippen molar-refractivity contribution in [1.29, 1.82) is 0 Å². The lowest BCUT2D eigenvalue weighted by Crippen LogP contribution is -2.22. The highest BCUT2D eigenvalue weighted by atomic mass is 127. The molecule has 1 fully saturated rings. The van der Waals surface area contributed by atoms with Gasteiger partial charge in [0, 0.05) is 5.92 Å². The minimum absolute atomic E-state index is 0.163. The predicted molar refractivity (Wildman–Crippen MR) is 78.7 cm³/mol. The van der Waals surface area contributed by atoms with E-state index in [0.717, 1.165) is 18.7 Å². The van der Waals surface area contributed by atoms with Crippen molar-refractivity contribution in [3.63, 3.8) is 0 Å². The van der Waals surface area contributed by atoms with Gasteiger partial charge in [-0.2, -0.15) is 5.10 Å². The number of hydrogen-bond acceptors (Lipinski definition) is 4. The van der Waals surface area contributed by atoms with Gasteiger partial charge in [-0.15, -0.1) is 0 Å². The van der Waals surface area contributed by atoms with Gasteiger partial charge in [0.25, 0.3) is 5.56 Å². The first-order valence-electron chi connectivity index (χ1n) is 6.42. The monoisotopic (exact) mass is 388 g/mol. The molecule has 0 aliphatic heterocycles. The average molecular weight is 388 g/mol. The van der Waals surface area contributed by atoms with Gasteiger partial charge in [-0.1, -0.05) is 0 Å². The van der Waals surface area contributed by atoms with Crippen molar-refractivity contribution in [2.75, 3.05) is 0 Å². The molecule has 0 atom stereocenters. The molecular weight excluding hydrogens is 375 g/mol. The molecule has 0 radical (unpaired) electrons. The Kier molecular flexibility index (Phi) is 3.48. The number of fused-ring (bicyclic) bond motifs is 1. The summed E-state index contributed by atoms with van der Waals surface area (Å²) in [6.07, 6.45) is 4.18. The molecule has 2 heterocycles. The summed E-state index contributed by atoms with van der Waals surface area (Å²) in [7, 11) is 0. The van der Waals surface area contributed by atoms with Crippen LogP contribution in [0.1, 0.15) is 37.4 Å². The summed E-state index contributed by atoms with van der Waals surface area (Å²) in [6, 6.07) is 0. The van der Waals surface area contributed by atoms with Crippen LogP contribution in [0, 0.1) is 9.62 Å². The fourth-order valence-corrected chi connectivity index (χ4v) is 3.51.